The number of methoxy groups -OCH3 is 2. The van der Waals surface area contributed by atoms with Gasteiger partial charge in [-0.15, -0.1) is 6.42 Å². The van der Waals surface area contributed by atoms with Crippen LogP contribution in [0.5, 0.6) is 11.5 Å². The number of terminal acetylenes is 1. The van der Waals surface area contributed by atoms with Crippen LogP contribution in [0.25, 0.3) is 0 Å². The van der Waals surface area contributed by atoms with E-state index in [-0.39, 0.29) is 0 Å². The summed E-state index contributed by atoms with van der Waals surface area (Å²) in [5.41, 5.74) is 1.07. The van der Waals surface area contributed by atoms with E-state index in [1.54, 1.807) is 14.2 Å². The van der Waals surface area contributed by atoms with E-state index in [2.05, 4.69) is 16.1 Å². The summed E-state index contributed by atoms with van der Waals surface area (Å²) in [5.74, 6) is 4.21. The lowest BCUT2D eigenvalue weighted by Gasteiger charge is -2.31. The highest BCUT2D eigenvalue weighted by atomic mass is 16.5. The van der Waals surface area contributed by atoms with Crippen LogP contribution in [0, 0.1) is 12.3 Å². The Kier molecular flexibility index (Phi) is 5.14. The van der Waals surface area contributed by atoms with Crippen molar-refractivity contribution < 1.29 is 9.47 Å². The molecule has 1 aromatic rings. The van der Waals surface area contributed by atoms with E-state index < -0.39 is 0 Å². The van der Waals surface area contributed by atoms with E-state index in [1.165, 1.54) is 0 Å². The zero-order valence-electron chi connectivity index (χ0n) is 12.2. The third-order valence-electron chi connectivity index (χ3n) is 3.66. The summed E-state index contributed by atoms with van der Waals surface area (Å²) >= 11 is 0. The fourth-order valence-electron chi connectivity index (χ4n) is 2.53. The Labute approximate surface area is 121 Å². The number of likely N-dealkylation sites (tertiary alicyclic amines) is 1. The minimum atomic E-state index is 0.488. The van der Waals surface area contributed by atoms with E-state index in [1.807, 2.05) is 18.2 Å². The highest BCUT2D eigenvalue weighted by molar-refractivity contribution is 5.55. The van der Waals surface area contributed by atoms with E-state index in [9.17, 15) is 0 Å². The number of piperidine rings is 1. The predicted molar refractivity (Wildman–Crippen MR) is 81.5 cm³/mol. The fraction of sp³-hybridized carbons (Fsp3) is 0.500. The van der Waals surface area contributed by atoms with Gasteiger partial charge in [0.25, 0.3) is 0 Å². The van der Waals surface area contributed by atoms with Gasteiger partial charge in [0.15, 0.2) is 11.5 Å². The molecule has 1 heterocycles. The molecule has 1 fully saturated rings. The van der Waals surface area contributed by atoms with Gasteiger partial charge in [-0.2, -0.15) is 0 Å². The lowest BCUT2D eigenvalue weighted by molar-refractivity contribution is 0.243. The van der Waals surface area contributed by atoms with Crippen molar-refractivity contribution in [2.45, 2.75) is 18.9 Å². The van der Waals surface area contributed by atoms with Crippen molar-refractivity contribution in [2.75, 3.05) is 39.2 Å². The molecule has 0 radical (unpaired) electrons. The SMILES string of the molecule is C#CCN1CCC(Nc2ccc(OC)c(OC)c2)CC1. The topological polar surface area (TPSA) is 33.7 Å². The van der Waals surface area contributed by atoms with Crippen molar-refractivity contribution in [3.05, 3.63) is 18.2 Å². The van der Waals surface area contributed by atoms with Crippen molar-refractivity contribution in [3.8, 4) is 23.8 Å². The highest BCUT2D eigenvalue weighted by Crippen LogP contribution is 2.30. The standard InChI is InChI=1S/C16H22N2O2/c1-4-9-18-10-7-13(8-11-18)17-14-5-6-15(19-2)16(12-14)20-3/h1,5-6,12-13,17H,7-11H2,2-3H3. The maximum atomic E-state index is 5.34. The third-order valence-corrected chi connectivity index (χ3v) is 3.66. The van der Waals surface area contributed by atoms with Crippen LogP contribution in [0.15, 0.2) is 18.2 Å². The molecule has 0 spiro atoms. The summed E-state index contributed by atoms with van der Waals surface area (Å²) in [6.45, 7) is 2.85. The normalized spacial score (nSPS) is 16.4. The second kappa shape index (κ2) is 7.06. The van der Waals surface area contributed by atoms with Gasteiger partial charge in [0.1, 0.15) is 0 Å². The third kappa shape index (κ3) is 3.58. The average molecular weight is 274 g/mol. The minimum Gasteiger partial charge on any atom is -0.493 e. The van der Waals surface area contributed by atoms with Gasteiger partial charge in [-0.3, -0.25) is 4.90 Å². The lowest BCUT2D eigenvalue weighted by atomic mass is 10.0. The van der Waals surface area contributed by atoms with Crippen molar-refractivity contribution in [1.82, 2.24) is 4.90 Å². The summed E-state index contributed by atoms with van der Waals surface area (Å²) in [6.07, 6.45) is 7.56. The van der Waals surface area contributed by atoms with Gasteiger partial charge in [-0.1, -0.05) is 5.92 Å². The molecule has 4 nitrogen and oxygen atoms in total. The maximum absolute atomic E-state index is 5.34. The van der Waals surface area contributed by atoms with Crippen LogP contribution < -0.4 is 14.8 Å². The van der Waals surface area contributed by atoms with E-state index in [0.29, 0.717) is 6.04 Å². The molecule has 0 saturated carbocycles. The molecule has 1 aliphatic heterocycles. The molecule has 0 unspecified atom stereocenters. The summed E-state index contributed by atoms with van der Waals surface area (Å²) in [5, 5.41) is 3.56. The predicted octanol–water partition coefficient (Wildman–Crippen LogP) is 2.21. The Morgan fingerprint density at radius 1 is 1.25 bits per heavy atom. The molecule has 0 bridgehead atoms. The Morgan fingerprint density at radius 3 is 2.55 bits per heavy atom. The quantitative estimate of drug-likeness (QED) is 0.835. The van der Waals surface area contributed by atoms with Gasteiger partial charge in [0, 0.05) is 30.9 Å². The summed E-state index contributed by atoms with van der Waals surface area (Å²) in [6, 6.07) is 6.42. The van der Waals surface area contributed by atoms with Crippen LogP contribution in [-0.2, 0) is 0 Å². The monoisotopic (exact) mass is 274 g/mol. The second-order valence-corrected chi connectivity index (χ2v) is 4.97. The first-order valence-electron chi connectivity index (χ1n) is 6.91. The molecule has 0 aliphatic carbocycles. The Hall–Kier alpha value is -1.86. The van der Waals surface area contributed by atoms with Crippen LogP contribution in [-0.4, -0.2) is 44.8 Å². The summed E-state index contributed by atoms with van der Waals surface area (Å²) in [7, 11) is 3.30. The minimum absolute atomic E-state index is 0.488. The van der Waals surface area contributed by atoms with Crippen molar-refractivity contribution in [3.63, 3.8) is 0 Å². The molecule has 1 aliphatic rings. The largest absolute Gasteiger partial charge is 0.493 e. The Bertz CT molecular complexity index is 474. The number of rotatable bonds is 5. The molecule has 0 aromatic heterocycles. The van der Waals surface area contributed by atoms with Crippen LogP contribution in [0.1, 0.15) is 12.8 Å². The van der Waals surface area contributed by atoms with Crippen molar-refractivity contribution in [1.29, 1.82) is 0 Å². The van der Waals surface area contributed by atoms with Gasteiger partial charge in [-0.05, 0) is 25.0 Å². The van der Waals surface area contributed by atoms with Gasteiger partial charge in [-0.25, -0.2) is 0 Å². The molecular formula is C16H22N2O2. The maximum Gasteiger partial charge on any atom is 0.162 e. The van der Waals surface area contributed by atoms with E-state index in [0.717, 1.165) is 49.7 Å². The first-order valence-corrected chi connectivity index (χ1v) is 6.91. The van der Waals surface area contributed by atoms with Gasteiger partial charge >= 0.3 is 0 Å². The molecule has 1 saturated heterocycles. The number of anilines is 1. The zero-order valence-corrected chi connectivity index (χ0v) is 12.2. The first kappa shape index (κ1) is 14.5. The number of nitrogens with one attached hydrogen (secondary N) is 1. The highest BCUT2D eigenvalue weighted by Gasteiger charge is 2.18. The molecule has 2 rings (SSSR count). The first-order chi connectivity index (χ1) is 9.76. The number of hydrogen-bond donors (Lipinski definition) is 1. The number of benzene rings is 1. The molecule has 0 amide bonds. The molecule has 4 heteroatoms. The molecule has 1 N–H and O–H groups in total. The molecule has 1 aromatic carbocycles. The van der Waals surface area contributed by atoms with Crippen molar-refractivity contribution >= 4 is 5.69 Å². The number of hydrogen-bond acceptors (Lipinski definition) is 4. The molecule has 0 atom stereocenters. The Morgan fingerprint density at radius 2 is 1.95 bits per heavy atom. The van der Waals surface area contributed by atoms with E-state index >= 15 is 0 Å². The summed E-state index contributed by atoms with van der Waals surface area (Å²) < 4.78 is 10.6. The zero-order chi connectivity index (χ0) is 14.4. The molecule has 20 heavy (non-hydrogen) atoms. The molecular weight excluding hydrogens is 252 g/mol. The number of nitrogens with zero attached hydrogens (tertiary/aromatic N) is 1. The number of ether oxygens (including phenoxy) is 2. The van der Waals surface area contributed by atoms with Crippen LogP contribution in [0.2, 0.25) is 0 Å². The van der Waals surface area contributed by atoms with Crippen molar-refractivity contribution in [2.24, 2.45) is 0 Å². The fourth-order valence-corrected chi connectivity index (χ4v) is 2.53. The van der Waals surface area contributed by atoms with Crippen LogP contribution in [0.4, 0.5) is 5.69 Å². The average Bonchev–Trinajstić information content (AvgIpc) is 2.49. The molecule has 108 valence electrons. The van der Waals surface area contributed by atoms with E-state index in [4.69, 9.17) is 15.9 Å². The second-order valence-electron chi connectivity index (χ2n) is 4.97. The van der Waals surface area contributed by atoms with Gasteiger partial charge in [0.2, 0.25) is 0 Å². The Balaban J connectivity index is 1.93. The smallest absolute Gasteiger partial charge is 0.162 e. The summed E-state index contributed by atoms with van der Waals surface area (Å²) in [4.78, 5) is 2.31. The van der Waals surface area contributed by atoms with Crippen LogP contribution >= 0.6 is 0 Å². The van der Waals surface area contributed by atoms with Crippen LogP contribution in [0.3, 0.4) is 0 Å². The van der Waals surface area contributed by atoms with Gasteiger partial charge < -0.3 is 14.8 Å². The van der Waals surface area contributed by atoms with Gasteiger partial charge in [0.05, 0.1) is 20.8 Å². The lowest BCUT2D eigenvalue weighted by Crippen LogP contribution is -2.39.